The third-order valence-electron chi connectivity index (χ3n) is 0.827. The van der Waals surface area contributed by atoms with Crippen LogP contribution < -0.4 is 0 Å². The van der Waals surface area contributed by atoms with Crippen LogP contribution in [-0.2, 0) is 4.74 Å². The van der Waals surface area contributed by atoms with Crippen molar-refractivity contribution >= 4 is 18.9 Å². The molecule has 0 saturated carbocycles. The maximum atomic E-state index is 4.94. The van der Waals surface area contributed by atoms with Gasteiger partial charge in [0.05, 0.1) is 0 Å². The molecule has 0 aromatic heterocycles. The van der Waals surface area contributed by atoms with Crippen molar-refractivity contribution in [3.63, 3.8) is 0 Å². The summed E-state index contributed by atoms with van der Waals surface area (Å²) in [6.45, 7) is 2.00. The molecule has 0 atom stereocenters. The molecule has 0 aromatic rings. The molecule has 0 unspecified atom stereocenters. The first kappa shape index (κ1) is 6.56. The Morgan fingerprint density at radius 2 is 1.50 bits per heavy atom. The maximum absolute atomic E-state index is 4.94. The van der Waals surface area contributed by atoms with E-state index in [2.05, 4.69) is 0 Å². The van der Waals surface area contributed by atoms with Crippen LogP contribution in [0.3, 0.4) is 0 Å². The summed E-state index contributed by atoms with van der Waals surface area (Å²) < 4.78 is 4.94. The molecule has 0 spiro atoms. The van der Waals surface area contributed by atoms with Gasteiger partial charge < -0.3 is 4.74 Å². The number of hydrogen-bond donors (Lipinski definition) is 0. The minimum atomic E-state index is 0. The summed E-state index contributed by atoms with van der Waals surface area (Å²) in [6.07, 6.45) is 2.56. The molecular weight excluding hydrogens is 71.0 g/mol. The summed E-state index contributed by atoms with van der Waals surface area (Å²) in [6, 6.07) is 0. The zero-order valence-electron chi connectivity index (χ0n) is 3.24. The van der Waals surface area contributed by atoms with E-state index in [-0.39, 0.29) is 18.9 Å². The first-order valence-electron chi connectivity index (χ1n) is 2.08. The Morgan fingerprint density at radius 3 is 1.67 bits per heavy atom. The Balaban J connectivity index is 0.000000250. The second-order valence-electron chi connectivity index (χ2n) is 1.32. The van der Waals surface area contributed by atoms with E-state index in [4.69, 9.17) is 4.74 Å². The molecule has 6 heavy (non-hydrogen) atoms. The van der Waals surface area contributed by atoms with E-state index in [0.29, 0.717) is 0 Å². The first-order valence-corrected chi connectivity index (χ1v) is 2.08. The predicted octanol–water partition coefficient (Wildman–Crippen LogP) is 0.148. The van der Waals surface area contributed by atoms with Crippen LogP contribution in [0.15, 0.2) is 0 Å². The van der Waals surface area contributed by atoms with Crippen molar-refractivity contribution in [2.75, 3.05) is 13.2 Å². The molecule has 1 aliphatic rings. The molecule has 0 amide bonds. The van der Waals surface area contributed by atoms with Gasteiger partial charge in [-0.2, -0.15) is 0 Å². The fourth-order valence-corrected chi connectivity index (χ4v) is 0.510. The predicted molar refractivity (Wildman–Crippen MR) is 27.2 cm³/mol. The molecule has 0 radical (unpaired) electrons. The Labute approximate surface area is 50.2 Å². The van der Waals surface area contributed by atoms with Gasteiger partial charge in [0.25, 0.3) is 0 Å². The monoisotopic (exact) mass is 80.1 g/mol. The molecule has 0 aromatic carbocycles. The third-order valence-corrected chi connectivity index (χ3v) is 0.827. The molecule has 1 aliphatic heterocycles. The van der Waals surface area contributed by atoms with Gasteiger partial charge in [0.1, 0.15) is 0 Å². The van der Waals surface area contributed by atoms with Crippen molar-refractivity contribution < 1.29 is 4.74 Å². The van der Waals surface area contributed by atoms with Crippen LogP contribution in [0.5, 0.6) is 0 Å². The van der Waals surface area contributed by atoms with Crippen molar-refractivity contribution in [1.29, 1.82) is 0 Å². The van der Waals surface area contributed by atoms with E-state index in [9.17, 15) is 0 Å². The summed E-state index contributed by atoms with van der Waals surface area (Å²) in [5.74, 6) is 0. The summed E-state index contributed by atoms with van der Waals surface area (Å²) in [4.78, 5) is 0. The SMILES string of the molecule is C1CCOC1.[LiH]. The van der Waals surface area contributed by atoms with E-state index in [1.54, 1.807) is 0 Å². The molecule has 1 heterocycles. The summed E-state index contributed by atoms with van der Waals surface area (Å²) in [5, 5.41) is 0. The molecule has 2 heteroatoms. The van der Waals surface area contributed by atoms with Crippen LogP contribution in [-0.4, -0.2) is 32.1 Å². The van der Waals surface area contributed by atoms with E-state index < -0.39 is 0 Å². The minimum absolute atomic E-state index is 0. The van der Waals surface area contributed by atoms with E-state index in [1.165, 1.54) is 12.8 Å². The Hall–Kier alpha value is 0.557. The van der Waals surface area contributed by atoms with Gasteiger partial charge in [-0.15, -0.1) is 0 Å². The number of rotatable bonds is 0. The van der Waals surface area contributed by atoms with Crippen molar-refractivity contribution in [2.45, 2.75) is 12.8 Å². The van der Waals surface area contributed by atoms with Crippen molar-refractivity contribution in [1.82, 2.24) is 0 Å². The van der Waals surface area contributed by atoms with Crippen LogP contribution >= 0.6 is 0 Å². The van der Waals surface area contributed by atoms with Crippen LogP contribution in [0.2, 0.25) is 0 Å². The quantitative estimate of drug-likeness (QED) is 0.376. The van der Waals surface area contributed by atoms with Gasteiger partial charge in [0, 0.05) is 13.2 Å². The number of ether oxygens (including phenoxy) is 1. The fraction of sp³-hybridized carbons (Fsp3) is 1.00. The molecule has 1 nitrogen and oxygen atoms in total. The van der Waals surface area contributed by atoms with Gasteiger partial charge >= 0.3 is 18.9 Å². The van der Waals surface area contributed by atoms with Crippen LogP contribution in [0.4, 0.5) is 0 Å². The van der Waals surface area contributed by atoms with E-state index in [0.717, 1.165) is 13.2 Å². The molecule has 1 rings (SSSR count). The summed E-state index contributed by atoms with van der Waals surface area (Å²) in [5.41, 5.74) is 0. The van der Waals surface area contributed by atoms with Gasteiger partial charge in [0.15, 0.2) is 0 Å². The van der Waals surface area contributed by atoms with Gasteiger partial charge in [-0.25, -0.2) is 0 Å². The second kappa shape index (κ2) is 3.74. The second-order valence-corrected chi connectivity index (χ2v) is 1.32. The van der Waals surface area contributed by atoms with E-state index >= 15 is 0 Å². The van der Waals surface area contributed by atoms with Crippen LogP contribution in [0.1, 0.15) is 12.8 Å². The number of hydrogen-bond acceptors (Lipinski definition) is 1. The fourth-order valence-electron chi connectivity index (χ4n) is 0.510. The van der Waals surface area contributed by atoms with Gasteiger partial charge in [-0.3, -0.25) is 0 Å². The average molecular weight is 80.1 g/mol. The third kappa shape index (κ3) is 1.87. The van der Waals surface area contributed by atoms with Crippen molar-refractivity contribution in [3.8, 4) is 0 Å². The Morgan fingerprint density at radius 1 is 1.00 bits per heavy atom. The van der Waals surface area contributed by atoms with Crippen LogP contribution in [0.25, 0.3) is 0 Å². The zero-order valence-corrected chi connectivity index (χ0v) is 3.24. The standard InChI is InChI=1S/C4H8O.Li.H/c1-2-4-5-3-1;;/h1-4H2;;. The first-order chi connectivity index (χ1) is 2.50. The molecule has 0 aliphatic carbocycles. The zero-order chi connectivity index (χ0) is 3.54. The topological polar surface area (TPSA) is 9.23 Å². The average Bonchev–Trinajstić information content (AvgIpc) is 1.76. The van der Waals surface area contributed by atoms with Crippen molar-refractivity contribution in [3.05, 3.63) is 0 Å². The van der Waals surface area contributed by atoms with Gasteiger partial charge in [-0.05, 0) is 12.8 Å². The molecule has 1 fully saturated rings. The van der Waals surface area contributed by atoms with Crippen LogP contribution in [0, 0.1) is 0 Å². The summed E-state index contributed by atoms with van der Waals surface area (Å²) >= 11 is 0. The van der Waals surface area contributed by atoms with Gasteiger partial charge in [-0.1, -0.05) is 0 Å². The van der Waals surface area contributed by atoms with Gasteiger partial charge in [0.2, 0.25) is 0 Å². The molecule has 32 valence electrons. The Kier molecular flexibility index (Phi) is 4.08. The van der Waals surface area contributed by atoms with E-state index in [1.807, 2.05) is 0 Å². The molecule has 0 bridgehead atoms. The molecule has 1 saturated heterocycles. The summed E-state index contributed by atoms with van der Waals surface area (Å²) in [7, 11) is 0. The molecular formula is C4H9LiO. The Bertz CT molecular complexity index is 19.1. The normalized spacial score (nSPS) is 20.0. The molecule has 0 N–H and O–H groups in total. The van der Waals surface area contributed by atoms with Crippen molar-refractivity contribution in [2.24, 2.45) is 0 Å².